The molecule has 1 fully saturated rings. The maximum atomic E-state index is 15.7. The quantitative estimate of drug-likeness (QED) is 0.426. The van der Waals surface area contributed by atoms with E-state index in [1.807, 2.05) is 20.8 Å². The van der Waals surface area contributed by atoms with Gasteiger partial charge in [0.15, 0.2) is 0 Å². The van der Waals surface area contributed by atoms with Gasteiger partial charge in [0.1, 0.15) is 28.6 Å². The summed E-state index contributed by atoms with van der Waals surface area (Å²) < 4.78 is 27.1. The van der Waals surface area contributed by atoms with Crippen LogP contribution in [0.1, 0.15) is 65.0 Å². The van der Waals surface area contributed by atoms with Gasteiger partial charge in [0.2, 0.25) is 0 Å². The number of halogens is 3. The summed E-state index contributed by atoms with van der Waals surface area (Å²) in [6.07, 6.45) is 0.504. The molecule has 5 nitrogen and oxygen atoms in total. The van der Waals surface area contributed by atoms with E-state index in [1.165, 1.54) is 13.2 Å². The van der Waals surface area contributed by atoms with Gasteiger partial charge in [0.05, 0.1) is 18.2 Å². The maximum Gasteiger partial charge on any atom is 0.324 e. The lowest BCUT2D eigenvalue weighted by Gasteiger charge is -2.38. The molecule has 4 atom stereocenters. The number of esters is 1. The highest BCUT2D eigenvalue weighted by atomic mass is 35.5. The average Bonchev–Trinajstić information content (AvgIpc) is 3.07. The lowest BCUT2D eigenvalue weighted by molar-refractivity contribution is -0.157. The molecule has 2 aromatic rings. The number of carbonyl (C=O) groups excluding carboxylic acids is 1. The van der Waals surface area contributed by atoms with Crippen LogP contribution < -0.4 is 10.1 Å². The lowest BCUT2D eigenvalue weighted by Crippen LogP contribution is -2.44. The number of ether oxygens (including phenoxy) is 2. The molecule has 1 saturated heterocycles. The summed E-state index contributed by atoms with van der Waals surface area (Å²) >= 11 is 12.4. The van der Waals surface area contributed by atoms with E-state index in [1.54, 1.807) is 51.1 Å². The van der Waals surface area contributed by atoms with Crippen molar-refractivity contribution in [2.45, 2.75) is 77.0 Å². The van der Waals surface area contributed by atoms with Gasteiger partial charge >= 0.3 is 5.97 Å². The first kappa shape index (κ1) is 28.2. The zero-order valence-electron chi connectivity index (χ0n) is 21.7. The third-order valence-electron chi connectivity index (χ3n) is 6.34. The summed E-state index contributed by atoms with van der Waals surface area (Å²) in [5.74, 6) is -1.85. The van der Waals surface area contributed by atoms with Crippen LogP contribution in [-0.4, -0.2) is 30.8 Å². The number of nitriles is 1. The Kier molecular flexibility index (Phi) is 8.01. The molecule has 3 rings (SSSR count). The van der Waals surface area contributed by atoms with E-state index in [0.29, 0.717) is 22.8 Å². The maximum absolute atomic E-state index is 15.7. The first-order valence-electron chi connectivity index (χ1n) is 11.8. The highest BCUT2D eigenvalue weighted by Gasteiger charge is 2.61. The van der Waals surface area contributed by atoms with Crippen LogP contribution in [0.15, 0.2) is 36.4 Å². The zero-order valence-corrected chi connectivity index (χ0v) is 23.2. The molecular weight excluding hydrogens is 502 g/mol. The van der Waals surface area contributed by atoms with Crippen molar-refractivity contribution in [3.63, 3.8) is 0 Å². The molecule has 194 valence electrons. The number of carbonyl (C=O) groups is 1. The van der Waals surface area contributed by atoms with Gasteiger partial charge in [-0.1, -0.05) is 62.2 Å². The summed E-state index contributed by atoms with van der Waals surface area (Å²) in [7, 11) is 1.49. The van der Waals surface area contributed by atoms with E-state index >= 15 is 4.39 Å². The number of rotatable bonds is 5. The molecule has 0 aromatic heterocycles. The molecule has 1 aliphatic heterocycles. The van der Waals surface area contributed by atoms with Gasteiger partial charge in [-0.3, -0.25) is 10.1 Å². The second-order valence-corrected chi connectivity index (χ2v) is 12.3. The van der Waals surface area contributed by atoms with E-state index in [4.69, 9.17) is 32.7 Å². The minimum absolute atomic E-state index is 0.0929. The van der Waals surface area contributed by atoms with Gasteiger partial charge in [-0.15, -0.1) is 0 Å². The Morgan fingerprint density at radius 2 is 1.83 bits per heavy atom. The number of hydrogen-bond donors (Lipinski definition) is 1. The van der Waals surface area contributed by atoms with Gasteiger partial charge < -0.3 is 9.47 Å². The van der Waals surface area contributed by atoms with Gasteiger partial charge in [-0.2, -0.15) is 5.26 Å². The fourth-order valence-electron chi connectivity index (χ4n) is 5.08. The Bertz CT molecular complexity index is 1180. The fourth-order valence-corrected chi connectivity index (χ4v) is 5.42. The molecular formula is C28H33Cl2FN2O3. The Morgan fingerprint density at radius 3 is 2.39 bits per heavy atom. The standard InChI is InChI=1S/C28H33Cl2FN2O3/c1-26(2,3)14-21-28(15-32,18-12-11-16(29)13-20(18)35-7)22(17-9-8-10-19(30)23(17)31)24(33-21)25(34)36-27(4,5)6/h8-13,21-22,24,33H,14H2,1-7H3/t21-,22-,24-,28-/m0/s1. The molecule has 0 spiro atoms. The summed E-state index contributed by atoms with van der Waals surface area (Å²) in [5.41, 5.74) is -1.78. The van der Waals surface area contributed by atoms with Crippen molar-refractivity contribution in [1.82, 2.24) is 5.32 Å². The number of benzene rings is 2. The minimum atomic E-state index is -1.42. The number of nitrogens with zero attached hydrogens (tertiary/aromatic N) is 1. The molecule has 0 bridgehead atoms. The summed E-state index contributed by atoms with van der Waals surface area (Å²) in [6.45, 7) is 11.4. The van der Waals surface area contributed by atoms with Crippen molar-refractivity contribution in [3.8, 4) is 11.8 Å². The lowest BCUT2D eigenvalue weighted by atomic mass is 9.62. The van der Waals surface area contributed by atoms with Gasteiger partial charge in [-0.05, 0) is 56.4 Å². The van der Waals surface area contributed by atoms with Gasteiger partial charge in [0.25, 0.3) is 0 Å². The Labute approximate surface area is 222 Å². The van der Waals surface area contributed by atoms with Crippen LogP contribution in [0.3, 0.4) is 0 Å². The molecule has 8 heteroatoms. The molecule has 0 saturated carbocycles. The van der Waals surface area contributed by atoms with Crippen LogP contribution in [0.25, 0.3) is 0 Å². The highest BCUT2D eigenvalue weighted by Crippen LogP contribution is 2.54. The molecule has 0 aliphatic carbocycles. The molecule has 1 aliphatic rings. The predicted molar refractivity (Wildman–Crippen MR) is 140 cm³/mol. The summed E-state index contributed by atoms with van der Waals surface area (Å²) in [4.78, 5) is 13.6. The fraction of sp³-hybridized carbons (Fsp3) is 0.500. The summed E-state index contributed by atoms with van der Waals surface area (Å²) in [6, 6.07) is 10.5. The Balaban J connectivity index is 2.40. The molecule has 0 unspecified atom stereocenters. The first-order chi connectivity index (χ1) is 16.6. The molecule has 1 N–H and O–H groups in total. The Morgan fingerprint density at radius 1 is 1.17 bits per heavy atom. The van der Waals surface area contributed by atoms with Crippen molar-refractivity contribution < 1.29 is 18.7 Å². The van der Waals surface area contributed by atoms with Crippen molar-refractivity contribution in [1.29, 1.82) is 5.26 Å². The van der Waals surface area contributed by atoms with Crippen LogP contribution in [0.2, 0.25) is 10.0 Å². The van der Waals surface area contributed by atoms with E-state index in [-0.39, 0.29) is 16.0 Å². The number of hydrogen-bond acceptors (Lipinski definition) is 5. The molecule has 0 amide bonds. The first-order valence-corrected chi connectivity index (χ1v) is 12.6. The smallest absolute Gasteiger partial charge is 0.324 e. The average molecular weight is 535 g/mol. The minimum Gasteiger partial charge on any atom is -0.496 e. The van der Waals surface area contributed by atoms with Crippen molar-refractivity contribution in [3.05, 3.63) is 63.4 Å². The largest absolute Gasteiger partial charge is 0.496 e. The Hall–Kier alpha value is -2.33. The predicted octanol–water partition coefficient (Wildman–Crippen LogP) is 6.80. The molecule has 36 heavy (non-hydrogen) atoms. The van der Waals surface area contributed by atoms with Crippen molar-refractivity contribution in [2.75, 3.05) is 7.11 Å². The number of nitrogens with one attached hydrogen (secondary N) is 1. The van der Waals surface area contributed by atoms with Crippen LogP contribution >= 0.6 is 23.2 Å². The number of methoxy groups -OCH3 is 1. The molecule has 0 radical (unpaired) electrons. The van der Waals surface area contributed by atoms with Crippen molar-refractivity contribution >= 4 is 29.2 Å². The van der Waals surface area contributed by atoms with E-state index in [0.717, 1.165) is 0 Å². The van der Waals surface area contributed by atoms with E-state index < -0.39 is 40.8 Å². The van der Waals surface area contributed by atoms with Gasteiger partial charge in [0, 0.05) is 22.5 Å². The SMILES string of the molecule is COc1cc(Cl)ccc1[C@@]1(C#N)[C@H](CC(C)(C)C)N[C@H](C(=O)OC(C)(C)C)[C@@H]1c1cccc(Cl)c1F. The normalized spacial score (nSPS) is 24.3. The third kappa shape index (κ3) is 5.49. The van der Waals surface area contributed by atoms with Gasteiger partial charge in [-0.25, -0.2) is 4.39 Å². The summed E-state index contributed by atoms with van der Waals surface area (Å²) in [5, 5.41) is 14.7. The third-order valence-corrected chi connectivity index (χ3v) is 6.87. The second-order valence-electron chi connectivity index (χ2n) is 11.4. The van der Waals surface area contributed by atoms with Crippen LogP contribution in [0.5, 0.6) is 5.75 Å². The van der Waals surface area contributed by atoms with Crippen molar-refractivity contribution in [2.24, 2.45) is 5.41 Å². The highest BCUT2D eigenvalue weighted by molar-refractivity contribution is 6.31. The topological polar surface area (TPSA) is 71.3 Å². The van der Waals surface area contributed by atoms with Crippen LogP contribution in [0.4, 0.5) is 4.39 Å². The van der Waals surface area contributed by atoms with Crippen LogP contribution in [-0.2, 0) is 14.9 Å². The van der Waals surface area contributed by atoms with E-state index in [2.05, 4.69) is 11.4 Å². The van der Waals surface area contributed by atoms with E-state index in [9.17, 15) is 10.1 Å². The second kappa shape index (κ2) is 10.2. The molecule has 2 aromatic carbocycles. The molecule has 1 heterocycles. The van der Waals surface area contributed by atoms with Crippen LogP contribution in [0, 0.1) is 22.6 Å². The zero-order chi connectivity index (χ0) is 27.1. The monoisotopic (exact) mass is 534 g/mol.